The normalized spacial score (nSPS) is 10.2. The molecule has 100 valence electrons. The second-order valence-electron chi connectivity index (χ2n) is 4.07. The van der Waals surface area contributed by atoms with Crippen LogP contribution in [0.5, 0.6) is 0 Å². The summed E-state index contributed by atoms with van der Waals surface area (Å²) < 4.78 is 0. The van der Waals surface area contributed by atoms with E-state index in [1.807, 2.05) is 12.1 Å². The van der Waals surface area contributed by atoms with Crippen molar-refractivity contribution in [1.82, 2.24) is 9.97 Å². The molecule has 1 heterocycles. The minimum absolute atomic E-state index is 0.749. The van der Waals surface area contributed by atoms with Gasteiger partial charge < -0.3 is 10.6 Å². The van der Waals surface area contributed by atoms with Crippen LogP contribution >= 0.6 is 11.8 Å². The van der Waals surface area contributed by atoms with E-state index in [4.69, 9.17) is 0 Å². The Balaban J connectivity index is 2.09. The average Bonchev–Trinajstić information content (AvgIpc) is 2.46. The molecule has 0 aliphatic rings. The molecule has 2 N–H and O–H groups in total. The third kappa shape index (κ3) is 4.13. The highest BCUT2D eigenvalue weighted by molar-refractivity contribution is 7.98. The maximum absolute atomic E-state index is 4.47. The maximum Gasteiger partial charge on any atom is 0.151 e. The second kappa shape index (κ2) is 6.99. The van der Waals surface area contributed by atoms with Crippen molar-refractivity contribution >= 4 is 29.1 Å². The van der Waals surface area contributed by atoms with E-state index in [1.165, 1.54) is 4.90 Å². The molecule has 1 aromatic carbocycles. The van der Waals surface area contributed by atoms with Gasteiger partial charge in [-0.25, -0.2) is 4.98 Å². The van der Waals surface area contributed by atoms with Crippen LogP contribution in [0.1, 0.15) is 13.3 Å². The van der Waals surface area contributed by atoms with Gasteiger partial charge in [-0.15, -0.1) is 11.8 Å². The Labute approximate surface area is 118 Å². The van der Waals surface area contributed by atoms with E-state index in [9.17, 15) is 0 Å². The van der Waals surface area contributed by atoms with Gasteiger partial charge in [-0.3, -0.25) is 4.98 Å². The fraction of sp³-hybridized carbons (Fsp3) is 0.286. The highest BCUT2D eigenvalue weighted by Gasteiger charge is 2.00. The van der Waals surface area contributed by atoms with Gasteiger partial charge in [0.2, 0.25) is 0 Å². The second-order valence-corrected chi connectivity index (χ2v) is 4.95. The lowest BCUT2D eigenvalue weighted by Gasteiger charge is -2.08. The van der Waals surface area contributed by atoms with Crippen molar-refractivity contribution in [3.05, 3.63) is 36.7 Å². The van der Waals surface area contributed by atoms with Crippen LogP contribution in [-0.2, 0) is 0 Å². The number of nitrogens with one attached hydrogen (secondary N) is 2. The minimum atomic E-state index is 0.749. The van der Waals surface area contributed by atoms with E-state index in [1.54, 1.807) is 24.2 Å². The van der Waals surface area contributed by atoms with Crippen molar-refractivity contribution in [3.63, 3.8) is 0 Å². The first-order valence-corrected chi connectivity index (χ1v) is 7.51. The van der Waals surface area contributed by atoms with Gasteiger partial charge in [-0.1, -0.05) is 13.0 Å². The zero-order valence-corrected chi connectivity index (χ0v) is 12.0. The quantitative estimate of drug-likeness (QED) is 0.785. The third-order valence-corrected chi connectivity index (χ3v) is 3.26. The van der Waals surface area contributed by atoms with Crippen LogP contribution in [0.25, 0.3) is 0 Å². The maximum atomic E-state index is 4.47. The first kappa shape index (κ1) is 13.7. The zero-order chi connectivity index (χ0) is 13.5. The van der Waals surface area contributed by atoms with Crippen molar-refractivity contribution in [2.45, 2.75) is 18.2 Å². The van der Waals surface area contributed by atoms with Crippen molar-refractivity contribution < 1.29 is 0 Å². The summed E-state index contributed by atoms with van der Waals surface area (Å²) in [5, 5.41) is 6.49. The van der Waals surface area contributed by atoms with Gasteiger partial charge in [0.05, 0.1) is 12.4 Å². The molecule has 0 saturated heterocycles. The smallest absolute Gasteiger partial charge is 0.151 e. The van der Waals surface area contributed by atoms with E-state index in [-0.39, 0.29) is 0 Å². The molecule has 5 heteroatoms. The fourth-order valence-electron chi connectivity index (χ4n) is 1.61. The molecule has 1 aromatic heterocycles. The molecular formula is C14H18N4S. The Morgan fingerprint density at radius 1 is 1.21 bits per heavy atom. The van der Waals surface area contributed by atoms with Gasteiger partial charge >= 0.3 is 0 Å². The summed E-state index contributed by atoms with van der Waals surface area (Å²) in [5.41, 5.74) is 1.02. The lowest BCUT2D eigenvalue weighted by Crippen LogP contribution is -2.04. The third-order valence-electron chi connectivity index (χ3n) is 2.53. The Kier molecular flexibility index (Phi) is 5.03. The number of benzene rings is 1. The molecule has 2 rings (SSSR count). The van der Waals surface area contributed by atoms with Crippen LogP contribution in [0.15, 0.2) is 41.6 Å². The lowest BCUT2D eigenvalue weighted by atomic mass is 10.3. The number of thioether (sulfide) groups is 1. The van der Waals surface area contributed by atoms with Crippen molar-refractivity contribution in [3.8, 4) is 0 Å². The first-order chi connectivity index (χ1) is 9.31. The summed E-state index contributed by atoms with van der Waals surface area (Å²) in [6.45, 7) is 3.02. The molecule has 0 radical (unpaired) electrons. The van der Waals surface area contributed by atoms with Gasteiger partial charge in [0.15, 0.2) is 5.82 Å². The van der Waals surface area contributed by atoms with Gasteiger partial charge in [0.1, 0.15) is 5.82 Å². The average molecular weight is 274 g/mol. The highest BCUT2D eigenvalue weighted by atomic mass is 32.2. The van der Waals surface area contributed by atoms with Crippen LogP contribution in [0.4, 0.5) is 17.3 Å². The van der Waals surface area contributed by atoms with Crippen molar-refractivity contribution in [2.75, 3.05) is 23.4 Å². The van der Waals surface area contributed by atoms with E-state index >= 15 is 0 Å². The van der Waals surface area contributed by atoms with E-state index in [0.717, 1.165) is 30.3 Å². The molecule has 0 saturated carbocycles. The van der Waals surface area contributed by atoms with E-state index in [0.29, 0.717) is 0 Å². The number of anilines is 3. The minimum Gasteiger partial charge on any atom is -0.369 e. The molecule has 0 aliphatic heterocycles. The number of hydrogen-bond acceptors (Lipinski definition) is 5. The molecule has 0 spiro atoms. The number of nitrogens with zero attached hydrogens (tertiary/aromatic N) is 2. The summed E-state index contributed by atoms with van der Waals surface area (Å²) in [7, 11) is 0. The standard InChI is InChI=1S/C14H18N4S/c1-3-7-16-13-9-15-10-14(18-13)17-11-5-4-6-12(8-11)19-2/h4-6,8-10H,3,7H2,1-2H3,(H2,16,17,18). The van der Waals surface area contributed by atoms with Gasteiger partial charge in [0, 0.05) is 17.1 Å². The van der Waals surface area contributed by atoms with Gasteiger partial charge in [-0.05, 0) is 30.9 Å². The molecule has 0 atom stereocenters. The number of hydrogen-bond donors (Lipinski definition) is 2. The Morgan fingerprint density at radius 2 is 2.05 bits per heavy atom. The van der Waals surface area contributed by atoms with Gasteiger partial charge in [0.25, 0.3) is 0 Å². The zero-order valence-electron chi connectivity index (χ0n) is 11.2. The summed E-state index contributed by atoms with van der Waals surface area (Å²) >= 11 is 1.72. The van der Waals surface area contributed by atoms with Crippen molar-refractivity contribution in [1.29, 1.82) is 0 Å². The predicted molar refractivity (Wildman–Crippen MR) is 82.3 cm³/mol. The van der Waals surface area contributed by atoms with Crippen LogP contribution in [0.3, 0.4) is 0 Å². The molecule has 0 bridgehead atoms. The summed E-state index contributed by atoms with van der Waals surface area (Å²) in [6.07, 6.45) is 6.59. The fourth-order valence-corrected chi connectivity index (χ4v) is 2.07. The molecule has 19 heavy (non-hydrogen) atoms. The topological polar surface area (TPSA) is 49.8 Å². The Morgan fingerprint density at radius 3 is 2.84 bits per heavy atom. The SMILES string of the molecule is CCCNc1cncc(Nc2cccc(SC)c2)n1. The van der Waals surface area contributed by atoms with Crippen LogP contribution in [0.2, 0.25) is 0 Å². The monoisotopic (exact) mass is 274 g/mol. The van der Waals surface area contributed by atoms with Crippen LogP contribution in [-0.4, -0.2) is 22.8 Å². The highest BCUT2D eigenvalue weighted by Crippen LogP contribution is 2.21. The Hall–Kier alpha value is -1.75. The molecule has 0 aliphatic carbocycles. The lowest BCUT2D eigenvalue weighted by molar-refractivity contribution is 0.965. The van der Waals surface area contributed by atoms with Crippen LogP contribution in [0, 0.1) is 0 Å². The van der Waals surface area contributed by atoms with E-state index in [2.05, 4.69) is 45.9 Å². The first-order valence-electron chi connectivity index (χ1n) is 6.29. The van der Waals surface area contributed by atoms with Crippen LogP contribution < -0.4 is 10.6 Å². The van der Waals surface area contributed by atoms with Gasteiger partial charge in [-0.2, -0.15) is 0 Å². The number of aromatic nitrogens is 2. The summed E-state index contributed by atoms with van der Waals surface area (Å²) in [5.74, 6) is 1.55. The largest absolute Gasteiger partial charge is 0.369 e. The molecule has 2 aromatic rings. The predicted octanol–water partition coefficient (Wildman–Crippen LogP) is 3.76. The molecule has 0 fully saturated rings. The number of rotatable bonds is 6. The van der Waals surface area contributed by atoms with E-state index < -0.39 is 0 Å². The summed E-state index contributed by atoms with van der Waals surface area (Å²) in [4.78, 5) is 9.87. The molecule has 0 unspecified atom stereocenters. The summed E-state index contributed by atoms with van der Waals surface area (Å²) in [6, 6.07) is 8.23. The Bertz CT molecular complexity index is 530. The van der Waals surface area contributed by atoms with Crippen molar-refractivity contribution in [2.24, 2.45) is 0 Å². The molecule has 0 amide bonds. The molecule has 4 nitrogen and oxygen atoms in total. The molecular weight excluding hydrogens is 256 g/mol.